The minimum atomic E-state index is -0.834. The third-order valence-corrected chi connectivity index (χ3v) is 5.05. The van der Waals surface area contributed by atoms with Gasteiger partial charge in [0.25, 0.3) is 0 Å². The number of ketones is 1. The molecule has 1 N–H and O–H groups in total. The van der Waals surface area contributed by atoms with Gasteiger partial charge in [0.1, 0.15) is 0 Å². The lowest BCUT2D eigenvalue weighted by Crippen LogP contribution is -2.45. The standard InChI is InChI=1S/C18H23NO3/c1-18(2,3)13-7-5-4-6-12(13)16(20)15-14(17(21)22)11-8-9-19(15)10-11/h4-7,11,14-15H,8-10H2,1-3H3,(H,21,22)/t11-,14-,15?/m0/s1. The quantitative estimate of drug-likeness (QED) is 0.872. The fourth-order valence-corrected chi connectivity index (χ4v) is 4.02. The highest BCUT2D eigenvalue weighted by atomic mass is 16.4. The maximum Gasteiger partial charge on any atom is 0.308 e. The number of Topliss-reactive ketones (excluding diaryl/α,β-unsaturated/α-hetero) is 1. The van der Waals surface area contributed by atoms with Gasteiger partial charge in [-0.15, -0.1) is 0 Å². The molecule has 3 rings (SSSR count). The third kappa shape index (κ3) is 2.35. The fraction of sp³-hybridized carbons (Fsp3) is 0.556. The second-order valence-electron chi connectivity index (χ2n) is 7.51. The average molecular weight is 301 g/mol. The summed E-state index contributed by atoms with van der Waals surface area (Å²) in [6.45, 7) is 7.81. The van der Waals surface area contributed by atoms with Crippen LogP contribution in [0, 0.1) is 11.8 Å². The molecule has 0 saturated carbocycles. The molecule has 2 saturated heterocycles. The minimum Gasteiger partial charge on any atom is -0.481 e. The minimum absolute atomic E-state index is 0.0277. The maximum atomic E-state index is 13.1. The largest absolute Gasteiger partial charge is 0.481 e. The highest BCUT2D eigenvalue weighted by Gasteiger charge is 2.53. The summed E-state index contributed by atoms with van der Waals surface area (Å²) in [5, 5.41) is 9.55. The summed E-state index contributed by atoms with van der Waals surface area (Å²) in [5.41, 5.74) is 1.53. The first-order valence-corrected chi connectivity index (χ1v) is 7.91. The second kappa shape index (κ2) is 5.20. The zero-order valence-electron chi connectivity index (χ0n) is 13.4. The molecular weight excluding hydrogens is 278 g/mol. The van der Waals surface area contributed by atoms with Crippen molar-refractivity contribution < 1.29 is 14.7 Å². The van der Waals surface area contributed by atoms with Crippen molar-refractivity contribution in [2.45, 2.75) is 38.6 Å². The Morgan fingerprint density at radius 1 is 1.23 bits per heavy atom. The molecule has 0 aromatic heterocycles. The summed E-state index contributed by atoms with van der Waals surface area (Å²) in [7, 11) is 0. The Kier molecular flexibility index (Phi) is 3.60. The van der Waals surface area contributed by atoms with Crippen molar-refractivity contribution in [3.05, 3.63) is 35.4 Å². The summed E-state index contributed by atoms with van der Waals surface area (Å²) in [5.74, 6) is -1.30. The second-order valence-corrected chi connectivity index (χ2v) is 7.51. The highest BCUT2D eigenvalue weighted by molar-refractivity contribution is 6.04. The predicted molar refractivity (Wildman–Crippen MR) is 84.1 cm³/mol. The number of carbonyl (C=O) groups is 2. The lowest BCUT2D eigenvalue weighted by Gasteiger charge is -2.30. The monoisotopic (exact) mass is 301 g/mol. The summed E-state index contributed by atoms with van der Waals surface area (Å²) >= 11 is 0. The van der Waals surface area contributed by atoms with Crippen molar-refractivity contribution in [1.82, 2.24) is 4.90 Å². The Balaban J connectivity index is 2.00. The van der Waals surface area contributed by atoms with Crippen LogP contribution in [0.1, 0.15) is 43.1 Å². The van der Waals surface area contributed by atoms with Gasteiger partial charge in [-0.1, -0.05) is 45.0 Å². The van der Waals surface area contributed by atoms with Crippen molar-refractivity contribution in [3.8, 4) is 0 Å². The summed E-state index contributed by atoms with van der Waals surface area (Å²) in [4.78, 5) is 26.8. The van der Waals surface area contributed by atoms with E-state index >= 15 is 0 Å². The van der Waals surface area contributed by atoms with Crippen molar-refractivity contribution in [2.24, 2.45) is 11.8 Å². The van der Waals surface area contributed by atoms with E-state index in [4.69, 9.17) is 0 Å². The lowest BCUT2D eigenvalue weighted by atomic mass is 9.78. The van der Waals surface area contributed by atoms with Gasteiger partial charge >= 0.3 is 5.97 Å². The number of nitrogens with zero attached hydrogens (tertiary/aromatic N) is 1. The van der Waals surface area contributed by atoms with Gasteiger partial charge in [-0.3, -0.25) is 14.5 Å². The van der Waals surface area contributed by atoms with Crippen LogP contribution in [0.25, 0.3) is 0 Å². The van der Waals surface area contributed by atoms with E-state index in [1.165, 1.54) is 0 Å². The molecule has 0 radical (unpaired) electrons. The number of carboxylic acid groups (broad SMARTS) is 1. The summed E-state index contributed by atoms with van der Waals surface area (Å²) in [6.07, 6.45) is 0.891. The van der Waals surface area contributed by atoms with Crippen LogP contribution in [0.5, 0.6) is 0 Å². The van der Waals surface area contributed by atoms with Crippen LogP contribution in [0.4, 0.5) is 0 Å². The molecule has 2 bridgehead atoms. The van der Waals surface area contributed by atoms with Gasteiger partial charge in [0, 0.05) is 12.1 Å². The van der Waals surface area contributed by atoms with E-state index in [1.807, 2.05) is 24.3 Å². The average Bonchev–Trinajstić information content (AvgIpc) is 3.06. The van der Waals surface area contributed by atoms with Crippen LogP contribution in [-0.2, 0) is 10.2 Å². The zero-order valence-corrected chi connectivity index (χ0v) is 13.4. The molecule has 22 heavy (non-hydrogen) atoms. The highest BCUT2D eigenvalue weighted by Crippen LogP contribution is 2.40. The molecule has 2 aliphatic rings. The van der Waals surface area contributed by atoms with Crippen LogP contribution >= 0.6 is 0 Å². The summed E-state index contributed by atoms with van der Waals surface area (Å²) in [6, 6.07) is 7.12. The van der Waals surface area contributed by atoms with E-state index < -0.39 is 17.9 Å². The van der Waals surface area contributed by atoms with Crippen LogP contribution < -0.4 is 0 Å². The van der Waals surface area contributed by atoms with Crippen molar-refractivity contribution in [1.29, 1.82) is 0 Å². The third-order valence-electron chi connectivity index (χ3n) is 5.05. The van der Waals surface area contributed by atoms with Crippen molar-refractivity contribution in [3.63, 3.8) is 0 Å². The number of carboxylic acids is 1. The van der Waals surface area contributed by atoms with E-state index in [0.29, 0.717) is 5.56 Å². The first-order valence-electron chi connectivity index (χ1n) is 7.91. The molecule has 118 valence electrons. The molecule has 4 nitrogen and oxygen atoms in total. The number of carbonyl (C=O) groups excluding carboxylic acids is 1. The molecule has 2 fully saturated rings. The first kappa shape index (κ1) is 15.2. The SMILES string of the molecule is CC(C)(C)c1ccccc1C(=O)C1[C@@H](C(=O)O)[C@H]2CC[N@@]1C2. The van der Waals surface area contributed by atoms with Crippen molar-refractivity contribution in [2.75, 3.05) is 13.1 Å². The van der Waals surface area contributed by atoms with Gasteiger partial charge in [0.15, 0.2) is 5.78 Å². The van der Waals surface area contributed by atoms with Crippen LogP contribution in [0.2, 0.25) is 0 Å². The molecule has 4 heteroatoms. The molecule has 0 aliphatic carbocycles. The predicted octanol–water partition coefficient (Wildman–Crippen LogP) is 2.57. The number of piperidine rings is 1. The van der Waals surface area contributed by atoms with Gasteiger partial charge < -0.3 is 5.11 Å². The van der Waals surface area contributed by atoms with Gasteiger partial charge in [-0.05, 0) is 29.9 Å². The van der Waals surface area contributed by atoms with Gasteiger partial charge in [0.2, 0.25) is 0 Å². The van der Waals surface area contributed by atoms with Crippen LogP contribution in [0.15, 0.2) is 24.3 Å². The lowest BCUT2D eigenvalue weighted by molar-refractivity contribution is -0.144. The molecule has 0 amide bonds. The van der Waals surface area contributed by atoms with E-state index in [9.17, 15) is 14.7 Å². The Morgan fingerprint density at radius 3 is 2.55 bits per heavy atom. The number of hydrogen-bond acceptors (Lipinski definition) is 3. The summed E-state index contributed by atoms with van der Waals surface area (Å²) < 4.78 is 0. The normalized spacial score (nSPS) is 30.5. The number of rotatable bonds is 3. The Bertz CT molecular complexity index is 617. The van der Waals surface area contributed by atoms with Crippen molar-refractivity contribution >= 4 is 11.8 Å². The van der Waals surface area contributed by atoms with Gasteiger partial charge in [-0.2, -0.15) is 0 Å². The molecule has 2 aliphatic heterocycles. The Labute approximate surface area is 131 Å². The Hall–Kier alpha value is -1.68. The maximum absolute atomic E-state index is 13.1. The van der Waals surface area contributed by atoms with E-state index in [1.54, 1.807) is 0 Å². The molecule has 0 spiro atoms. The van der Waals surface area contributed by atoms with E-state index in [0.717, 1.165) is 25.1 Å². The Morgan fingerprint density at radius 2 is 1.91 bits per heavy atom. The smallest absolute Gasteiger partial charge is 0.308 e. The fourth-order valence-electron chi connectivity index (χ4n) is 4.02. The molecule has 4 atom stereocenters. The number of benzene rings is 1. The molecule has 1 unspecified atom stereocenters. The van der Waals surface area contributed by atoms with Gasteiger partial charge in [-0.25, -0.2) is 0 Å². The van der Waals surface area contributed by atoms with Crippen LogP contribution in [0.3, 0.4) is 0 Å². The van der Waals surface area contributed by atoms with E-state index in [2.05, 4.69) is 25.7 Å². The number of hydrogen-bond donors (Lipinski definition) is 1. The number of fused-ring (bicyclic) bond motifs is 2. The molecular formula is C18H23NO3. The first-order chi connectivity index (χ1) is 10.3. The van der Waals surface area contributed by atoms with Gasteiger partial charge in [0.05, 0.1) is 12.0 Å². The van der Waals surface area contributed by atoms with Crippen LogP contribution in [-0.4, -0.2) is 40.9 Å². The number of aliphatic carboxylic acids is 1. The van der Waals surface area contributed by atoms with E-state index in [-0.39, 0.29) is 17.1 Å². The molecule has 1 aromatic rings. The zero-order chi connectivity index (χ0) is 16.1. The molecule has 1 aromatic carbocycles. The topological polar surface area (TPSA) is 57.6 Å². The molecule has 2 heterocycles.